The summed E-state index contributed by atoms with van der Waals surface area (Å²) in [6.07, 6.45) is 2.71. The third-order valence-corrected chi connectivity index (χ3v) is 4.69. The number of urea groups is 1. The molecule has 1 aliphatic heterocycles. The molecule has 1 aromatic carbocycles. The maximum atomic E-state index is 12.3. The summed E-state index contributed by atoms with van der Waals surface area (Å²) < 4.78 is 0. The maximum absolute atomic E-state index is 12.3. The minimum atomic E-state index is 0.0151. The standard InChI is InChI=1S/C18H29N3O2/c1-20(2)17(12-15-6-4-3-5-7-15)13-19-18(23)21-10-8-16(14-22)9-11-21/h3-7,16-17,22H,8-14H2,1-2H3,(H,19,23). The lowest BCUT2D eigenvalue weighted by Gasteiger charge is -2.32. The van der Waals surface area contributed by atoms with E-state index in [0.717, 1.165) is 32.4 Å². The Bertz CT molecular complexity index is 470. The Morgan fingerprint density at radius 3 is 2.52 bits per heavy atom. The number of rotatable bonds is 6. The Hall–Kier alpha value is -1.59. The number of likely N-dealkylation sites (N-methyl/N-ethyl adjacent to an activating group) is 1. The molecule has 1 unspecified atom stereocenters. The van der Waals surface area contributed by atoms with Crippen LogP contribution >= 0.6 is 0 Å². The van der Waals surface area contributed by atoms with E-state index in [0.29, 0.717) is 12.5 Å². The van der Waals surface area contributed by atoms with E-state index >= 15 is 0 Å². The molecule has 1 saturated heterocycles. The quantitative estimate of drug-likeness (QED) is 0.837. The molecule has 1 heterocycles. The highest BCUT2D eigenvalue weighted by Gasteiger charge is 2.23. The Morgan fingerprint density at radius 2 is 1.96 bits per heavy atom. The van der Waals surface area contributed by atoms with Crippen LogP contribution < -0.4 is 5.32 Å². The highest BCUT2D eigenvalue weighted by molar-refractivity contribution is 5.74. The third kappa shape index (κ3) is 5.52. The fourth-order valence-corrected chi connectivity index (χ4v) is 2.96. The first-order chi connectivity index (χ1) is 11.1. The first-order valence-electron chi connectivity index (χ1n) is 8.44. The summed E-state index contributed by atoms with van der Waals surface area (Å²) in [7, 11) is 4.10. The van der Waals surface area contributed by atoms with Crippen molar-refractivity contribution in [2.45, 2.75) is 25.3 Å². The van der Waals surface area contributed by atoms with Crippen molar-refractivity contribution in [1.82, 2.24) is 15.1 Å². The Balaban J connectivity index is 1.80. The van der Waals surface area contributed by atoms with Crippen molar-refractivity contribution in [2.24, 2.45) is 5.92 Å². The summed E-state index contributed by atoms with van der Waals surface area (Å²) in [6, 6.07) is 10.7. The predicted molar refractivity (Wildman–Crippen MR) is 92.4 cm³/mol. The molecular weight excluding hydrogens is 290 g/mol. The van der Waals surface area contributed by atoms with E-state index in [4.69, 9.17) is 5.11 Å². The smallest absolute Gasteiger partial charge is 0.317 e. The van der Waals surface area contributed by atoms with E-state index < -0.39 is 0 Å². The highest BCUT2D eigenvalue weighted by atomic mass is 16.3. The van der Waals surface area contributed by atoms with Crippen molar-refractivity contribution in [2.75, 3.05) is 40.3 Å². The normalized spacial score (nSPS) is 17.3. The number of aliphatic hydroxyl groups excluding tert-OH is 1. The molecule has 128 valence electrons. The summed E-state index contributed by atoms with van der Waals surface area (Å²) >= 11 is 0. The second-order valence-electron chi connectivity index (χ2n) is 6.61. The Kier molecular flexibility index (Phi) is 6.86. The second kappa shape index (κ2) is 8.89. The Morgan fingerprint density at radius 1 is 1.30 bits per heavy atom. The molecule has 5 heteroatoms. The molecule has 2 amide bonds. The van der Waals surface area contributed by atoms with Crippen LogP contribution in [0.15, 0.2) is 30.3 Å². The molecule has 5 nitrogen and oxygen atoms in total. The topological polar surface area (TPSA) is 55.8 Å². The zero-order valence-corrected chi connectivity index (χ0v) is 14.2. The molecule has 0 aromatic heterocycles. The third-order valence-electron chi connectivity index (χ3n) is 4.69. The predicted octanol–water partition coefficient (Wildman–Crippen LogP) is 1.57. The Labute approximate surface area is 139 Å². The van der Waals surface area contributed by atoms with Crippen LogP contribution in [-0.2, 0) is 6.42 Å². The molecule has 23 heavy (non-hydrogen) atoms. The van der Waals surface area contributed by atoms with E-state index in [1.807, 2.05) is 37.2 Å². The zero-order valence-electron chi connectivity index (χ0n) is 14.2. The zero-order chi connectivity index (χ0) is 16.7. The summed E-state index contributed by atoms with van der Waals surface area (Å²) in [6.45, 7) is 2.35. The van der Waals surface area contributed by atoms with E-state index in [2.05, 4.69) is 22.3 Å². The van der Waals surface area contributed by atoms with Crippen molar-refractivity contribution in [3.05, 3.63) is 35.9 Å². The summed E-state index contributed by atoms with van der Waals surface area (Å²) in [5.41, 5.74) is 1.28. The SMILES string of the molecule is CN(C)C(CNC(=O)N1CCC(CO)CC1)Cc1ccccc1. The van der Waals surface area contributed by atoms with Gasteiger partial charge in [-0.3, -0.25) is 0 Å². The number of piperidine rings is 1. The molecule has 0 bridgehead atoms. The van der Waals surface area contributed by atoms with E-state index in [1.165, 1.54) is 5.56 Å². The monoisotopic (exact) mass is 319 g/mol. The van der Waals surface area contributed by atoms with Crippen LogP contribution in [0.25, 0.3) is 0 Å². The number of hydrogen-bond donors (Lipinski definition) is 2. The van der Waals surface area contributed by atoms with Crippen LogP contribution in [0.4, 0.5) is 4.79 Å². The van der Waals surface area contributed by atoms with Gasteiger partial charge >= 0.3 is 6.03 Å². The van der Waals surface area contributed by atoms with Gasteiger partial charge in [0.15, 0.2) is 0 Å². The van der Waals surface area contributed by atoms with Gasteiger partial charge in [0.25, 0.3) is 0 Å². The second-order valence-corrected chi connectivity index (χ2v) is 6.61. The number of carbonyl (C=O) groups is 1. The average molecular weight is 319 g/mol. The van der Waals surface area contributed by atoms with E-state index in [1.54, 1.807) is 0 Å². The highest BCUT2D eigenvalue weighted by Crippen LogP contribution is 2.16. The van der Waals surface area contributed by atoms with Gasteiger partial charge < -0.3 is 20.2 Å². The average Bonchev–Trinajstić information content (AvgIpc) is 2.59. The molecule has 1 fully saturated rings. The van der Waals surface area contributed by atoms with E-state index in [9.17, 15) is 4.79 Å². The lowest BCUT2D eigenvalue weighted by molar-refractivity contribution is 0.136. The molecule has 1 aliphatic rings. The summed E-state index contributed by atoms with van der Waals surface area (Å²) in [4.78, 5) is 16.3. The van der Waals surface area contributed by atoms with Crippen LogP contribution in [0.1, 0.15) is 18.4 Å². The molecule has 0 aliphatic carbocycles. The lowest BCUT2D eigenvalue weighted by atomic mass is 9.98. The number of nitrogens with zero attached hydrogens (tertiary/aromatic N) is 2. The van der Waals surface area contributed by atoms with Crippen molar-refractivity contribution < 1.29 is 9.90 Å². The van der Waals surface area contributed by atoms with Crippen LogP contribution in [0.5, 0.6) is 0 Å². The van der Waals surface area contributed by atoms with Crippen LogP contribution in [0, 0.1) is 5.92 Å². The van der Waals surface area contributed by atoms with Crippen molar-refractivity contribution in [3.8, 4) is 0 Å². The van der Waals surface area contributed by atoms with Gasteiger partial charge in [-0.05, 0) is 44.8 Å². The fraction of sp³-hybridized carbons (Fsp3) is 0.611. The number of carbonyl (C=O) groups excluding carboxylic acids is 1. The van der Waals surface area contributed by atoms with Gasteiger partial charge in [-0.25, -0.2) is 4.79 Å². The van der Waals surface area contributed by atoms with Crippen molar-refractivity contribution >= 4 is 6.03 Å². The fourth-order valence-electron chi connectivity index (χ4n) is 2.96. The largest absolute Gasteiger partial charge is 0.396 e. The summed E-state index contributed by atoms with van der Waals surface area (Å²) in [5, 5.41) is 12.2. The van der Waals surface area contributed by atoms with Gasteiger partial charge in [0, 0.05) is 32.3 Å². The lowest BCUT2D eigenvalue weighted by Crippen LogP contribution is -2.49. The van der Waals surface area contributed by atoms with E-state index in [-0.39, 0.29) is 18.7 Å². The molecule has 0 saturated carbocycles. The van der Waals surface area contributed by atoms with Gasteiger partial charge in [-0.15, -0.1) is 0 Å². The molecule has 0 spiro atoms. The first-order valence-corrected chi connectivity index (χ1v) is 8.44. The first kappa shape index (κ1) is 17.8. The minimum Gasteiger partial charge on any atom is -0.396 e. The molecule has 2 N–H and O–H groups in total. The van der Waals surface area contributed by atoms with Gasteiger partial charge in [-0.2, -0.15) is 0 Å². The van der Waals surface area contributed by atoms with Gasteiger partial charge in [-0.1, -0.05) is 30.3 Å². The van der Waals surface area contributed by atoms with Gasteiger partial charge in [0.05, 0.1) is 0 Å². The number of benzene rings is 1. The molecule has 2 rings (SSSR count). The van der Waals surface area contributed by atoms with Crippen molar-refractivity contribution in [1.29, 1.82) is 0 Å². The maximum Gasteiger partial charge on any atom is 0.317 e. The van der Waals surface area contributed by atoms with Gasteiger partial charge in [0.2, 0.25) is 0 Å². The van der Waals surface area contributed by atoms with Gasteiger partial charge in [0.1, 0.15) is 0 Å². The van der Waals surface area contributed by atoms with Crippen LogP contribution in [0.2, 0.25) is 0 Å². The molecular formula is C18H29N3O2. The molecule has 1 atom stereocenters. The van der Waals surface area contributed by atoms with Crippen LogP contribution in [0.3, 0.4) is 0 Å². The number of nitrogens with one attached hydrogen (secondary N) is 1. The number of likely N-dealkylation sites (tertiary alicyclic amines) is 1. The number of aliphatic hydroxyl groups is 1. The molecule has 0 radical (unpaired) electrons. The minimum absolute atomic E-state index is 0.0151. The molecule has 1 aromatic rings. The van der Waals surface area contributed by atoms with Crippen molar-refractivity contribution in [3.63, 3.8) is 0 Å². The summed E-state index contributed by atoms with van der Waals surface area (Å²) in [5.74, 6) is 0.353. The number of amides is 2. The van der Waals surface area contributed by atoms with Crippen LogP contribution in [-0.4, -0.2) is 67.3 Å². The number of hydrogen-bond acceptors (Lipinski definition) is 3.